The Kier molecular flexibility index (Phi) is 7.61. The van der Waals surface area contributed by atoms with Crippen molar-refractivity contribution in [1.82, 2.24) is 5.32 Å². The van der Waals surface area contributed by atoms with E-state index in [-0.39, 0.29) is 5.92 Å². The van der Waals surface area contributed by atoms with Crippen molar-refractivity contribution in [3.8, 4) is 0 Å². The van der Waals surface area contributed by atoms with Gasteiger partial charge in [0.1, 0.15) is 5.82 Å². The van der Waals surface area contributed by atoms with Crippen molar-refractivity contribution >= 4 is 5.97 Å². The summed E-state index contributed by atoms with van der Waals surface area (Å²) in [6.07, 6.45) is -11.7. The van der Waals surface area contributed by atoms with Gasteiger partial charge in [0.15, 0.2) is 0 Å². The van der Waals surface area contributed by atoms with Crippen LogP contribution < -0.4 is 5.32 Å². The zero-order valence-electron chi connectivity index (χ0n) is 12.4. The number of hydrogen-bond donors (Lipinski definition) is 2. The smallest absolute Gasteiger partial charge is 0.475 e. The van der Waals surface area contributed by atoms with Crippen LogP contribution in [0.1, 0.15) is 11.7 Å². The van der Waals surface area contributed by atoms with Crippen LogP contribution in [-0.4, -0.2) is 43.1 Å². The van der Waals surface area contributed by atoms with Crippen molar-refractivity contribution in [3.05, 3.63) is 35.6 Å². The van der Waals surface area contributed by atoms with E-state index in [2.05, 4.69) is 5.32 Å². The number of carbonyl (C=O) groups is 1. The van der Waals surface area contributed by atoms with Gasteiger partial charge < -0.3 is 15.2 Å². The lowest BCUT2D eigenvalue weighted by Crippen LogP contribution is -2.46. The maximum Gasteiger partial charge on any atom is 0.490 e. The SMILES string of the molecule is Fc1ccc(C(OC(F)C(F)F)C2CNC2)cc1.O=C(O)C(F)(F)F. The summed E-state index contributed by atoms with van der Waals surface area (Å²) in [5.74, 6) is -3.27. The summed E-state index contributed by atoms with van der Waals surface area (Å²) in [7, 11) is 0. The number of carboxylic acid groups (broad SMARTS) is 1. The molecule has 1 aromatic rings. The molecule has 2 N–H and O–H groups in total. The molecule has 11 heteroatoms. The third-order valence-corrected chi connectivity index (χ3v) is 3.16. The van der Waals surface area contributed by atoms with Crippen LogP contribution in [0, 0.1) is 11.7 Å². The van der Waals surface area contributed by atoms with Gasteiger partial charge in [-0.3, -0.25) is 0 Å². The van der Waals surface area contributed by atoms with Gasteiger partial charge in [0.25, 0.3) is 12.8 Å². The number of alkyl halides is 6. The third kappa shape index (κ3) is 6.86. The summed E-state index contributed by atoms with van der Waals surface area (Å²) >= 11 is 0. The lowest BCUT2D eigenvalue weighted by Gasteiger charge is -2.35. The minimum atomic E-state index is -5.08. The zero-order chi connectivity index (χ0) is 19.2. The number of rotatable bonds is 5. The maximum atomic E-state index is 13.0. The van der Waals surface area contributed by atoms with Crippen LogP contribution in [0.15, 0.2) is 24.3 Å². The van der Waals surface area contributed by atoms with Crippen molar-refractivity contribution in [2.45, 2.75) is 25.1 Å². The van der Waals surface area contributed by atoms with Gasteiger partial charge in [-0.25, -0.2) is 22.4 Å². The fraction of sp³-hybridized carbons (Fsp3) is 0.500. The highest BCUT2D eigenvalue weighted by Gasteiger charge is 2.38. The molecule has 0 bridgehead atoms. The van der Waals surface area contributed by atoms with E-state index in [4.69, 9.17) is 14.6 Å². The van der Waals surface area contributed by atoms with Gasteiger partial charge in [0.05, 0.1) is 6.10 Å². The predicted molar refractivity (Wildman–Crippen MR) is 71.2 cm³/mol. The number of halogens is 7. The Morgan fingerprint density at radius 3 is 1.96 bits per heavy atom. The molecule has 0 aliphatic carbocycles. The first kappa shape index (κ1) is 21.2. The van der Waals surface area contributed by atoms with E-state index in [1.807, 2.05) is 0 Å². The van der Waals surface area contributed by atoms with Crippen molar-refractivity contribution < 1.29 is 45.4 Å². The summed E-state index contributed by atoms with van der Waals surface area (Å²) < 4.78 is 86.6. The Bertz CT molecular complexity index is 546. The molecule has 4 nitrogen and oxygen atoms in total. The number of carboxylic acids is 1. The average molecular weight is 377 g/mol. The molecular weight excluding hydrogens is 363 g/mol. The van der Waals surface area contributed by atoms with Gasteiger partial charge >= 0.3 is 12.1 Å². The molecule has 0 spiro atoms. The summed E-state index contributed by atoms with van der Waals surface area (Å²) in [5, 5.41) is 10.1. The Labute approximate surface area is 137 Å². The molecule has 1 aliphatic rings. The molecule has 142 valence electrons. The van der Waals surface area contributed by atoms with Crippen LogP contribution in [0.4, 0.5) is 30.7 Å². The Balaban J connectivity index is 0.000000381. The molecule has 2 unspecified atom stereocenters. The van der Waals surface area contributed by atoms with Crippen LogP contribution in [0.2, 0.25) is 0 Å². The Hall–Kier alpha value is -1.88. The van der Waals surface area contributed by atoms with Crippen LogP contribution in [0.25, 0.3) is 0 Å². The highest BCUT2D eigenvalue weighted by molar-refractivity contribution is 5.73. The summed E-state index contributed by atoms with van der Waals surface area (Å²) in [5.41, 5.74) is 0.506. The fourth-order valence-corrected chi connectivity index (χ4v) is 1.84. The number of ether oxygens (including phenoxy) is 1. The van der Waals surface area contributed by atoms with Crippen molar-refractivity contribution in [2.24, 2.45) is 5.92 Å². The number of hydrogen-bond acceptors (Lipinski definition) is 3. The van der Waals surface area contributed by atoms with Crippen molar-refractivity contribution in [3.63, 3.8) is 0 Å². The summed E-state index contributed by atoms with van der Waals surface area (Å²) in [4.78, 5) is 8.90. The first-order valence-electron chi connectivity index (χ1n) is 6.86. The van der Waals surface area contributed by atoms with Crippen molar-refractivity contribution in [2.75, 3.05) is 13.1 Å². The molecule has 1 saturated heterocycles. The van der Waals surface area contributed by atoms with Crippen LogP contribution in [-0.2, 0) is 9.53 Å². The largest absolute Gasteiger partial charge is 0.490 e. The second-order valence-electron chi connectivity index (χ2n) is 5.02. The number of benzene rings is 1. The minimum Gasteiger partial charge on any atom is -0.475 e. The monoisotopic (exact) mass is 377 g/mol. The molecule has 2 rings (SSSR count). The fourth-order valence-electron chi connectivity index (χ4n) is 1.84. The standard InChI is InChI=1S/C12H13F4NO.C2HF3O2/c13-9-3-1-7(2-4-9)10(8-5-17-6-8)18-12(16)11(14)15;3-2(4,5)1(6)7/h1-4,8,10-12,17H,5-6H2;(H,6,7). The van der Waals surface area contributed by atoms with E-state index < -0.39 is 36.8 Å². The van der Waals surface area contributed by atoms with Crippen molar-refractivity contribution in [1.29, 1.82) is 0 Å². The van der Waals surface area contributed by atoms with Crippen LogP contribution >= 0.6 is 0 Å². The molecule has 1 fully saturated rings. The molecule has 1 aromatic carbocycles. The third-order valence-electron chi connectivity index (χ3n) is 3.16. The lowest BCUT2D eigenvalue weighted by atomic mass is 9.91. The van der Waals surface area contributed by atoms with Crippen LogP contribution in [0.5, 0.6) is 0 Å². The second kappa shape index (κ2) is 8.99. The average Bonchev–Trinajstić information content (AvgIpc) is 2.45. The van der Waals surface area contributed by atoms with Gasteiger partial charge in [0.2, 0.25) is 0 Å². The van der Waals surface area contributed by atoms with E-state index in [1.165, 1.54) is 24.3 Å². The first-order chi connectivity index (χ1) is 11.5. The van der Waals surface area contributed by atoms with Gasteiger partial charge in [-0.15, -0.1) is 0 Å². The van der Waals surface area contributed by atoms with Gasteiger partial charge in [-0.2, -0.15) is 13.2 Å². The molecule has 1 heterocycles. The zero-order valence-corrected chi connectivity index (χ0v) is 12.4. The molecule has 0 radical (unpaired) electrons. The quantitative estimate of drug-likeness (QED) is 0.774. The van der Waals surface area contributed by atoms with E-state index in [1.54, 1.807) is 0 Å². The first-order valence-corrected chi connectivity index (χ1v) is 6.86. The molecule has 1 aliphatic heterocycles. The highest BCUT2D eigenvalue weighted by atomic mass is 19.4. The van der Waals surface area contributed by atoms with E-state index in [0.717, 1.165) is 0 Å². The molecule has 25 heavy (non-hydrogen) atoms. The molecule has 0 aromatic heterocycles. The molecule has 0 saturated carbocycles. The Morgan fingerprint density at radius 1 is 1.16 bits per heavy atom. The summed E-state index contributed by atoms with van der Waals surface area (Å²) in [6.45, 7) is 1.13. The van der Waals surface area contributed by atoms with E-state index in [9.17, 15) is 30.7 Å². The number of aliphatic carboxylic acids is 1. The van der Waals surface area contributed by atoms with E-state index >= 15 is 0 Å². The topological polar surface area (TPSA) is 58.6 Å². The summed E-state index contributed by atoms with van der Waals surface area (Å²) in [6, 6.07) is 5.26. The second-order valence-corrected chi connectivity index (χ2v) is 5.02. The maximum absolute atomic E-state index is 13.0. The minimum absolute atomic E-state index is 0.0764. The van der Waals surface area contributed by atoms with Gasteiger partial charge in [-0.1, -0.05) is 12.1 Å². The molecule has 2 atom stereocenters. The van der Waals surface area contributed by atoms with Gasteiger partial charge in [0, 0.05) is 19.0 Å². The molecular formula is C14H14F7NO3. The Morgan fingerprint density at radius 2 is 1.64 bits per heavy atom. The number of nitrogens with one attached hydrogen (secondary N) is 1. The van der Waals surface area contributed by atoms with Gasteiger partial charge in [-0.05, 0) is 17.7 Å². The predicted octanol–water partition coefficient (Wildman–Crippen LogP) is 3.30. The highest BCUT2D eigenvalue weighted by Crippen LogP contribution is 2.31. The lowest BCUT2D eigenvalue weighted by molar-refractivity contribution is -0.192. The normalized spacial score (nSPS) is 17.3. The van der Waals surface area contributed by atoms with Crippen LogP contribution in [0.3, 0.4) is 0 Å². The van der Waals surface area contributed by atoms with E-state index in [0.29, 0.717) is 18.7 Å². The molecule has 0 amide bonds.